The molecule has 0 amide bonds. The molecule has 0 spiro atoms. The molecule has 0 aliphatic heterocycles. The van der Waals surface area contributed by atoms with Gasteiger partial charge in [-0.2, -0.15) is 4.98 Å². The maximum atomic E-state index is 6.03. The van der Waals surface area contributed by atoms with Gasteiger partial charge in [-0.15, -0.1) is 0 Å². The van der Waals surface area contributed by atoms with E-state index in [1.54, 1.807) is 19.6 Å². The van der Waals surface area contributed by atoms with Crippen LogP contribution in [0.1, 0.15) is 49.3 Å². The monoisotopic (exact) mass is 265 g/mol. The van der Waals surface area contributed by atoms with Crippen molar-refractivity contribution < 1.29 is 9.26 Å². The molecule has 2 rings (SSSR count). The van der Waals surface area contributed by atoms with Crippen LogP contribution in [0.15, 0.2) is 17.0 Å². The first kappa shape index (κ1) is 13.7. The van der Waals surface area contributed by atoms with Gasteiger partial charge in [0.2, 0.25) is 11.7 Å². The summed E-state index contributed by atoms with van der Waals surface area (Å²) in [7, 11) is 1.64. The quantitative estimate of drug-likeness (QED) is 0.786. The van der Waals surface area contributed by atoms with Gasteiger partial charge in [0, 0.05) is 25.4 Å². The van der Waals surface area contributed by atoms with Crippen LogP contribution in [0.25, 0.3) is 0 Å². The molecular weight excluding hydrogens is 246 g/mol. The maximum absolute atomic E-state index is 6.03. The summed E-state index contributed by atoms with van der Waals surface area (Å²) < 4.78 is 10.5. The lowest BCUT2D eigenvalue weighted by Gasteiger charge is -2.08. The summed E-state index contributed by atoms with van der Waals surface area (Å²) in [4.78, 5) is 11.3. The van der Waals surface area contributed by atoms with E-state index in [-0.39, 0.29) is 12.1 Å². The van der Waals surface area contributed by atoms with Gasteiger partial charge < -0.3 is 20.0 Å². The molecule has 1 unspecified atom stereocenters. The van der Waals surface area contributed by atoms with Crippen molar-refractivity contribution in [1.82, 2.24) is 20.1 Å². The maximum Gasteiger partial charge on any atom is 0.244 e. The molecule has 19 heavy (non-hydrogen) atoms. The molecule has 2 aromatic rings. The van der Waals surface area contributed by atoms with Crippen LogP contribution in [0.3, 0.4) is 0 Å². The van der Waals surface area contributed by atoms with E-state index in [1.165, 1.54) is 0 Å². The molecular formula is C12H19N5O2. The molecule has 0 fully saturated rings. The van der Waals surface area contributed by atoms with Crippen molar-refractivity contribution in [1.29, 1.82) is 0 Å². The van der Waals surface area contributed by atoms with Gasteiger partial charge in [0.1, 0.15) is 6.10 Å². The van der Waals surface area contributed by atoms with Gasteiger partial charge >= 0.3 is 0 Å². The van der Waals surface area contributed by atoms with Crippen LogP contribution in [0.2, 0.25) is 0 Å². The standard InChI is InChI=1S/C12H19N5O2/c1-3-4-10(18-2)11-16-12(19-17-11)9(13)5-8-6-14-7-15-8/h6-7,9-10H,3-5,13H2,1-2H3,(H,14,15)/t9-,10?/m1/s1. The number of H-pyrrole nitrogens is 1. The van der Waals surface area contributed by atoms with Gasteiger partial charge in [0.25, 0.3) is 0 Å². The summed E-state index contributed by atoms with van der Waals surface area (Å²) in [6.45, 7) is 2.08. The highest BCUT2D eigenvalue weighted by atomic mass is 16.5. The molecule has 104 valence electrons. The average Bonchev–Trinajstić information content (AvgIpc) is 3.06. The largest absolute Gasteiger partial charge is 0.373 e. The van der Waals surface area contributed by atoms with Crippen LogP contribution in [0.4, 0.5) is 0 Å². The third kappa shape index (κ3) is 3.39. The summed E-state index contributed by atoms with van der Waals surface area (Å²) in [5.74, 6) is 0.974. The minimum Gasteiger partial charge on any atom is -0.373 e. The Balaban J connectivity index is 2.03. The van der Waals surface area contributed by atoms with Crippen molar-refractivity contribution in [3.05, 3.63) is 29.9 Å². The Morgan fingerprint density at radius 2 is 2.37 bits per heavy atom. The molecule has 7 nitrogen and oxygen atoms in total. The minimum absolute atomic E-state index is 0.137. The van der Waals surface area contributed by atoms with Gasteiger partial charge in [-0.1, -0.05) is 18.5 Å². The number of hydrogen-bond acceptors (Lipinski definition) is 6. The zero-order valence-electron chi connectivity index (χ0n) is 11.2. The lowest BCUT2D eigenvalue weighted by Crippen LogP contribution is -2.14. The molecule has 7 heteroatoms. The highest BCUT2D eigenvalue weighted by Gasteiger charge is 2.20. The van der Waals surface area contributed by atoms with Crippen molar-refractivity contribution in [3.8, 4) is 0 Å². The van der Waals surface area contributed by atoms with Crippen LogP contribution in [-0.2, 0) is 11.2 Å². The molecule has 0 radical (unpaired) electrons. The van der Waals surface area contributed by atoms with Crippen LogP contribution < -0.4 is 5.73 Å². The Labute approximate surface area is 111 Å². The van der Waals surface area contributed by atoms with E-state index in [4.69, 9.17) is 15.0 Å². The van der Waals surface area contributed by atoms with Crippen LogP contribution >= 0.6 is 0 Å². The number of rotatable bonds is 7. The fourth-order valence-corrected chi connectivity index (χ4v) is 1.86. The number of aromatic nitrogens is 4. The normalized spacial score (nSPS) is 14.5. The molecule has 0 saturated carbocycles. The molecule has 2 aromatic heterocycles. The lowest BCUT2D eigenvalue weighted by molar-refractivity contribution is 0.0854. The Kier molecular flexibility index (Phi) is 4.64. The molecule has 0 bridgehead atoms. The van der Waals surface area contributed by atoms with E-state index in [0.717, 1.165) is 18.5 Å². The second-order valence-electron chi connectivity index (χ2n) is 4.39. The van der Waals surface area contributed by atoms with Crippen LogP contribution in [0, 0.1) is 0 Å². The Bertz CT molecular complexity index is 482. The fourth-order valence-electron chi connectivity index (χ4n) is 1.86. The second-order valence-corrected chi connectivity index (χ2v) is 4.39. The summed E-state index contributed by atoms with van der Waals surface area (Å²) in [5.41, 5.74) is 6.96. The van der Waals surface area contributed by atoms with E-state index in [9.17, 15) is 0 Å². The number of methoxy groups -OCH3 is 1. The van der Waals surface area contributed by atoms with E-state index in [2.05, 4.69) is 27.0 Å². The van der Waals surface area contributed by atoms with Crippen molar-refractivity contribution in [2.24, 2.45) is 5.73 Å². The van der Waals surface area contributed by atoms with Gasteiger partial charge in [-0.05, 0) is 6.42 Å². The average molecular weight is 265 g/mol. The first-order chi connectivity index (χ1) is 9.24. The smallest absolute Gasteiger partial charge is 0.244 e. The van der Waals surface area contributed by atoms with E-state index in [0.29, 0.717) is 18.1 Å². The SMILES string of the molecule is CCCC(OC)c1noc([C@H](N)Cc2cnc[nH]2)n1. The number of aromatic amines is 1. The van der Waals surface area contributed by atoms with Crippen LogP contribution in [-0.4, -0.2) is 27.2 Å². The van der Waals surface area contributed by atoms with Crippen molar-refractivity contribution in [2.75, 3.05) is 7.11 Å². The predicted molar refractivity (Wildman–Crippen MR) is 68.2 cm³/mol. The van der Waals surface area contributed by atoms with Gasteiger partial charge in [-0.25, -0.2) is 4.98 Å². The Hall–Kier alpha value is -1.73. The van der Waals surface area contributed by atoms with E-state index in [1.807, 2.05) is 0 Å². The van der Waals surface area contributed by atoms with Crippen LogP contribution in [0.5, 0.6) is 0 Å². The van der Waals surface area contributed by atoms with Gasteiger partial charge in [0.05, 0.1) is 12.4 Å². The first-order valence-electron chi connectivity index (χ1n) is 6.33. The van der Waals surface area contributed by atoms with Gasteiger partial charge in [0.15, 0.2) is 0 Å². The molecule has 2 heterocycles. The second kappa shape index (κ2) is 6.44. The number of hydrogen-bond donors (Lipinski definition) is 2. The highest BCUT2D eigenvalue weighted by molar-refractivity contribution is 5.02. The van der Waals surface area contributed by atoms with E-state index >= 15 is 0 Å². The summed E-state index contributed by atoms with van der Waals surface area (Å²) in [6, 6.07) is -0.346. The summed E-state index contributed by atoms with van der Waals surface area (Å²) in [5, 5.41) is 3.94. The highest BCUT2D eigenvalue weighted by Crippen LogP contribution is 2.21. The zero-order chi connectivity index (χ0) is 13.7. The first-order valence-corrected chi connectivity index (χ1v) is 6.33. The van der Waals surface area contributed by atoms with Crippen molar-refractivity contribution in [2.45, 2.75) is 38.3 Å². The number of nitrogens with two attached hydrogens (primary N) is 1. The number of nitrogens with zero attached hydrogens (tertiary/aromatic N) is 3. The van der Waals surface area contributed by atoms with E-state index < -0.39 is 0 Å². The lowest BCUT2D eigenvalue weighted by atomic mass is 10.2. The summed E-state index contributed by atoms with van der Waals surface area (Å²) in [6.07, 6.45) is 5.62. The molecule has 0 aliphatic rings. The Morgan fingerprint density at radius 1 is 1.53 bits per heavy atom. The summed E-state index contributed by atoms with van der Waals surface area (Å²) >= 11 is 0. The molecule has 0 aliphatic carbocycles. The third-order valence-corrected chi connectivity index (χ3v) is 2.89. The zero-order valence-corrected chi connectivity index (χ0v) is 11.2. The third-order valence-electron chi connectivity index (χ3n) is 2.89. The van der Waals surface area contributed by atoms with Crippen molar-refractivity contribution in [3.63, 3.8) is 0 Å². The molecule has 0 aromatic carbocycles. The number of ether oxygens (including phenoxy) is 1. The Morgan fingerprint density at radius 3 is 3.00 bits per heavy atom. The fraction of sp³-hybridized carbons (Fsp3) is 0.583. The number of imidazole rings is 1. The van der Waals surface area contributed by atoms with Crippen molar-refractivity contribution >= 4 is 0 Å². The van der Waals surface area contributed by atoms with Gasteiger partial charge in [-0.3, -0.25) is 0 Å². The molecule has 2 atom stereocenters. The molecule has 3 N–H and O–H groups in total. The number of nitrogens with one attached hydrogen (secondary N) is 1. The minimum atomic E-state index is -0.346. The topological polar surface area (TPSA) is 103 Å². The predicted octanol–water partition coefficient (Wildman–Crippen LogP) is 1.52. The molecule has 0 saturated heterocycles.